The average molecular weight is 305 g/mol. The van der Waals surface area contributed by atoms with Crippen LogP contribution in [0, 0.1) is 18.8 Å². The van der Waals surface area contributed by atoms with Gasteiger partial charge < -0.3 is 10.4 Å². The van der Waals surface area contributed by atoms with E-state index in [0.717, 1.165) is 18.4 Å². The van der Waals surface area contributed by atoms with E-state index >= 15 is 0 Å². The number of nitrogens with one attached hydrogen (secondary N) is 1. The minimum atomic E-state index is -0.733. The molecule has 1 fully saturated rings. The standard InChI is InChI=1S/C16H19NO3S/c1-12-4-5-15(13(11-12)3-2-8-18)16(19)17-14-6-9-21(20)10-7-14/h4-5,11,14,18H,6-10H2,1H3,(H,17,19). The second-order valence-electron chi connectivity index (χ2n) is 5.10. The van der Waals surface area contributed by atoms with Crippen molar-refractivity contribution in [3.8, 4) is 11.8 Å². The fraction of sp³-hybridized carbons (Fsp3) is 0.438. The predicted octanol–water partition coefficient (Wildman–Crippen LogP) is 0.980. The van der Waals surface area contributed by atoms with Gasteiger partial charge in [-0.3, -0.25) is 9.00 Å². The van der Waals surface area contributed by atoms with Crippen molar-refractivity contribution in [1.82, 2.24) is 5.32 Å². The van der Waals surface area contributed by atoms with Gasteiger partial charge in [-0.15, -0.1) is 0 Å². The van der Waals surface area contributed by atoms with E-state index in [9.17, 15) is 9.00 Å². The highest BCUT2D eigenvalue weighted by molar-refractivity contribution is 7.85. The predicted molar refractivity (Wildman–Crippen MR) is 83.5 cm³/mol. The number of benzene rings is 1. The third-order valence-electron chi connectivity index (χ3n) is 3.44. The van der Waals surface area contributed by atoms with Gasteiger partial charge >= 0.3 is 0 Å². The van der Waals surface area contributed by atoms with Gasteiger partial charge in [0, 0.05) is 33.9 Å². The van der Waals surface area contributed by atoms with Crippen LogP contribution in [-0.4, -0.2) is 39.4 Å². The number of aliphatic hydroxyl groups is 1. The molecule has 0 unspecified atom stereocenters. The molecule has 1 aliphatic rings. The van der Waals surface area contributed by atoms with Crippen LogP contribution in [0.25, 0.3) is 0 Å². The van der Waals surface area contributed by atoms with E-state index in [1.165, 1.54) is 0 Å². The number of carbonyl (C=O) groups is 1. The number of aryl methyl sites for hydroxylation is 1. The SMILES string of the molecule is Cc1ccc(C(=O)NC2CCS(=O)CC2)c(C#CCO)c1. The molecule has 0 atom stereocenters. The lowest BCUT2D eigenvalue weighted by molar-refractivity contribution is 0.0934. The summed E-state index contributed by atoms with van der Waals surface area (Å²) in [6.07, 6.45) is 1.50. The van der Waals surface area contributed by atoms with Gasteiger partial charge in [0.2, 0.25) is 0 Å². The molecule has 1 amide bonds. The van der Waals surface area contributed by atoms with Crippen LogP contribution in [-0.2, 0) is 10.8 Å². The Morgan fingerprint density at radius 3 is 2.81 bits per heavy atom. The van der Waals surface area contributed by atoms with E-state index in [-0.39, 0.29) is 18.6 Å². The van der Waals surface area contributed by atoms with Gasteiger partial charge in [-0.05, 0) is 37.5 Å². The first-order valence-corrected chi connectivity index (χ1v) is 8.45. The second-order valence-corrected chi connectivity index (χ2v) is 6.80. The van der Waals surface area contributed by atoms with Gasteiger partial charge in [0.25, 0.3) is 5.91 Å². The summed E-state index contributed by atoms with van der Waals surface area (Å²) in [5, 5.41) is 11.8. The normalized spacial score (nSPS) is 21.2. The first-order chi connectivity index (χ1) is 10.1. The molecule has 4 nitrogen and oxygen atoms in total. The number of carbonyl (C=O) groups excluding carboxylic acids is 1. The monoisotopic (exact) mass is 305 g/mol. The van der Waals surface area contributed by atoms with E-state index in [4.69, 9.17) is 5.11 Å². The summed E-state index contributed by atoms with van der Waals surface area (Å²) in [4.78, 5) is 12.4. The van der Waals surface area contributed by atoms with Crippen LogP contribution in [0.2, 0.25) is 0 Å². The van der Waals surface area contributed by atoms with Crippen molar-refractivity contribution < 1.29 is 14.1 Å². The topological polar surface area (TPSA) is 66.4 Å². The van der Waals surface area contributed by atoms with Crippen molar-refractivity contribution >= 4 is 16.7 Å². The highest BCUT2D eigenvalue weighted by atomic mass is 32.2. The molecular formula is C16H19NO3S. The molecule has 21 heavy (non-hydrogen) atoms. The molecular weight excluding hydrogens is 286 g/mol. The minimum absolute atomic E-state index is 0.0788. The zero-order chi connectivity index (χ0) is 15.2. The quantitative estimate of drug-likeness (QED) is 0.801. The van der Waals surface area contributed by atoms with Gasteiger partial charge in [0.05, 0.1) is 5.56 Å². The summed E-state index contributed by atoms with van der Waals surface area (Å²) in [6.45, 7) is 1.70. The zero-order valence-electron chi connectivity index (χ0n) is 12.0. The fourth-order valence-corrected chi connectivity index (χ4v) is 3.59. The maximum Gasteiger partial charge on any atom is 0.252 e. The van der Waals surface area contributed by atoms with Crippen molar-refractivity contribution in [2.75, 3.05) is 18.1 Å². The Labute approximate surface area is 127 Å². The van der Waals surface area contributed by atoms with Gasteiger partial charge in [-0.2, -0.15) is 0 Å². The van der Waals surface area contributed by atoms with Crippen LogP contribution >= 0.6 is 0 Å². The summed E-state index contributed by atoms with van der Waals surface area (Å²) in [6, 6.07) is 5.55. The number of amides is 1. The van der Waals surface area contributed by atoms with Crippen LogP contribution < -0.4 is 5.32 Å². The summed E-state index contributed by atoms with van der Waals surface area (Å²) in [5.41, 5.74) is 2.16. The van der Waals surface area contributed by atoms with Crippen LogP contribution in [0.5, 0.6) is 0 Å². The lowest BCUT2D eigenvalue weighted by Crippen LogP contribution is -2.39. The van der Waals surface area contributed by atoms with E-state index < -0.39 is 10.8 Å². The van der Waals surface area contributed by atoms with Crippen LogP contribution in [0.15, 0.2) is 18.2 Å². The molecule has 5 heteroatoms. The largest absolute Gasteiger partial charge is 0.384 e. The van der Waals surface area contributed by atoms with Crippen molar-refractivity contribution in [1.29, 1.82) is 0 Å². The number of hydrogen-bond donors (Lipinski definition) is 2. The summed E-state index contributed by atoms with van der Waals surface area (Å²) >= 11 is 0. The highest BCUT2D eigenvalue weighted by Crippen LogP contribution is 2.14. The van der Waals surface area contributed by atoms with Crippen LogP contribution in [0.3, 0.4) is 0 Å². The van der Waals surface area contributed by atoms with Crippen LogP contribution in [0.4, 0.5) is 0 Å². The number of aliphatic hydroxyl groups excluding tert-OH is 1. The molecule has 1 heterocycles. The maximum atomic E-state index is 12.4. The maximum absolute atomic E-state index is 12.4. The molecule has 112 valence electrons. The molecule has 0 bridgehead atoms. The summed E-state index contributed by atoms with van der Waals surface area (Å²) < 4.78 is 11.3. The zero-order valence-corrected chi connectivity index (χ0v) is 12.8. The first-order valence-electron chi connectivity index (χ1n) is 6.96. The fourth-order valence-electron chi connectivity index (χ4n) is 2.30. The number of rotatable bonds is 2. The molecule has 0 aliphatic carbocycles. The highest BCUT2D eigenvalue weighted by Gasteiger charge is 2.21. The molecule has 1 aromatic rings. The number of hydrogen-bond acceptors (Lipinski definition) is 3. The Kier molecular flexibility index (Phi) is 5.54. The minimum Gasteiger partial charge on any atom is -0.384 e. The second kappa shape index (κ2) is 7.39. The van der Waals surface area contributed by atoms with Crippen LogP contribution in [0.1, 0.15) is 34.3 Å². The van der Waals surface area contributed by atoms with E-state index in [0.29, 0.717) is 22.6 Å². The Bertz CT molecular complexity index is 606. The van der Waals surface area contributed by atoms with Gasteiger partial charge in [-0.1, -0.05) is 17.9 Å². The van der Waals surface area contributed by atoms with E-state index in [1.54, 1.807) is 6.07 Å². The lowest BCUT2D eigenvalue weighted by atomic mass is 10.0. The van der Waals surface area contributed by atoms with Gasteiger partial charge in [-0.25, -0.2) is 0 Å². The Hall–Kier alpha value is -1.64. The summed E-state index contributed by atoms with van der Waals surface area (Å²) in [5.74, 6) is 6.54. The third kappa shape index (κ3) is 4.42. The average Bonchev–Trinajstić information content (AvgIpc) is 2.47. The van der Waals surface area contributed by atoms with Gasteiger partial charge in [0.1, 0.15) is 6.61 Å². The smallest absolute Gasteiger partial charge is 0.252 e. The molecule has 0 radical (unpaired) electrons. The van der Waals surface area contributed by atoms with Crippen molar-refractivity contribution in [2.24, 2.45) is 0 Å². The van der Waals surface area contributed by atoms with Crippen molar-refractivity contribution in [2.45, 2.75) is 25.8 Å². The summed E-state index contributed by atoms with van der Waals surface area (Å²) in [7, 11) is -0.733. The third-order valence-corrected chi connectivity index (χ3v) is 4.83. The Balaban J connectivity index is 2.13. The molecule has 2 rings (SSSR count). The Morgan fingerprint density at radius 2 is 2.14 bits per heavy atom. The Morgan fingerprint density at radius 1 is 1.43 bits per heavy atom. The molecule has 0 spiro atoms. The first kappa shape index (κ1) is 15.7. The van der Waals surface area contributed by atoms with Crippen molar-refractivity contribution in [3.63, 3.8) is 0 Å². The molecule has 1 aromatic carbocycles. The lowest BCUT2D eigenvalue weighted by Gasteiger charge is -2.22. The van der Waals surface area contributed by atoms with E-state index in [1.807, 2.05) is 19.1 Å². The van der Waals surface area contributed by atoms with E-state index in [2.05, 4.69) is 17.2 Å². The van der Waals surface area contributed by atoms with Gasteiger partial charge in [0.15, 0.2) is 0 Å². The molecule has 1 aliphatic heterocycles. The molecule has 1 saturated heterocycles. The van der Waals surface area contributed by atoms with Crippen molar-refractivity contribution in [3.05, 3.63) is 34.9 Å². The molecule has 2 N–H and O–H groups in total. The molecule has 0 saturated carbocycles. The molecule has 0 aromatic heterocycles.